The van der Waals surface area contributed by atoms with Crippen molar-refractivity contribution in [3.8, 4) is 0 Å². The van der Waals surface area contributed by atoms with E-state index in [0.717, 1.165) is 63.7 Å². The highest BCUT2D eigenvalue weighted by Gasteiger charge is 2.27. The number of nitrogens with zero attached hydrogens (tertiary/aromatic N) is 2. The number of rotatable bonds is 11. The molecule has 0 unspecified atom stereocenters. The molecule has 36 heavy (non-hydrogen) atoms. The molecule has 1 N–H and O–H groups in total. The minimum atomic E-state index is -0.000138. The summed E-state index contributed by atoms with van der Waals surface area (Å²) in [6.07, 6.45) is 7.85. The Bertz CT molecular complexity index is 923. The number of benzene rings is 2. The van der Waals surface area contributed by atoms with Crippen LogP contribution in [0.1, 0.15) is 62.5 Å². The van der Waals surface area contributed by atoms with E-state index in [9.17, 15) is 9.59 Å². The summed E-state index contributed by atoms with van der Waals surface area (Å²) in [5, 5.41) is 3.23. The molecular weight excluding hydrogens is 450 g/mol. The molecule has 1 aliphatic carbocycles. The van der Waals surface area contributed by atoms with Crippen molar-refractivity contribution in [3.05, 3.63) is 71.8 Å². The second kappa shape index (κ2) is 14.1. The molecule has 1 aliphatic heterocycles. The van der Waals surface area contributed by atoms with E-state index in [2.05, 4.69) is 34.5 Å². The number of hydrogen-bond donors (Lipinski definition) is 1. The summed E-state index contributed by atoms with van der Waals surface area (Å²) >= 11 is 0. The average molecular weight is 492 g/mol. The second-order valence-corrected chi connectivity index (χ2v) is 10.2. The zero-order valence-corrected chi connectivity index (χ0v) is 21.4. The summed E-state index contributed by atoms with van der Waals surface area (Å²) < 4.78 is 5.74. The topological polar surface area (TPSA) is 61.9 Å². The average Bonchev–Trinajstić information content (AvgIpc) is 2.92. The molecule has 6 heteroatoms. The van der Waals surface area contributed by atoms with Crippen LogP contribution in [-0.4, -0.2) is 59.9 Å². The van der Waals surface area contributed by atoms with Crippen LogP contribution >= 0.6 is 0 Å². The van der Waals surface area contributed by atoms with Crippen LogP contribution in [0.5, 0.6) is 0 Å². The molecule has 1 saturated carbocycles. The number of likely N-dealkylation sites (tertiary alicyclic amines) is 1. The first-order chi connectivity index (χ1) is 17.7. The summed E-state index contributed by atoms with van der Waals surface area (Å²) in [5.41, 5.74) is 2.39. The molecule has 2 aliphatic rings. The molecule has 6 nitrogen and oxygen atoms in total. The Balaban J connectivity index is 1.20. The lowest BCUT2D eigenvalue weighted by molar-refractivity contribution is -0.140. The van der Waals surface area contributed by atoms with Crippen molar-refractivity contribution < 1.29 is 14.3 Å². The van der Waals surface area contributed by atoms with Gasteiger partial charge < -0.3 is 15.0 Å². The highest BCUT2D eigenvalue weighted by molar-refractivity contribution is 5.80. The number of piperidine rings is 1. The van der Waals surface area contributed by atoms with Gasteiger partial charge in [0.1, 0.15) is 6.61 Å². The Hall–Kier alpha value is -2.70. The van der Waals surface area contributed by atoms with E-state index in [0.29, 0.717) is 19.6 Å². The number of amides is 2. The van der Waals surface area contributed by atoms with Gasteiger partial charge in [0, 0.05) is 44.7 Å². The maximum absolute atomic E-state index is 13.1. The standard InChI is InChI=1S/C30H41N3O3/c34-29(31-27-16-19-32(20-17-27)22-25-10-4-1-5-11-25)18-21-33(28-14-8-3-9-15-28)30(35)24-36-23-26-12-6-2-7-13-26/h1-2,4-7,10-13,27-28H,3,8-9,14-24H2,(H,31,34). The Morgan fingerprint density at radius 2 is 1.50 bits per heavy atom. The highest BCUT2D eigenvalue weighted by Crippen LogP contribution is 2.23. The van der Waals surface area contributed by atoms with Crippen LogP contribution in [0.2, 0.25) is 0 Å². The van der Waals surface area contributed by atoms with Crippen LogP contribution in [0, 0.1) is 0 Å². The van der Waals surface area contributed by atoms with Crippen LogP contribution in [0.15, 0.2) is 60.7 Å². The molecule has 0 atom stereocenters. The van der Waals surface area contributed by atoms with Crippen molar-refractivity contribution in [2.24, 2.45) is 0 Å². The summed E-state index contributed by atoms with van der Waals surface area (Å²) in [7, 11) is 0. The van der Waals surface area contributed by atoms with Crippen LogP contribution in [0.25, 0.3) is 0 Å². The van der Waals surface area contributed by atoms with Gasteiger partial charge in [0.05, 0.1) is 6.61 Å². The van der Waals surface area contributed by atoms with Crippen LogP contribution in [0.3, 0.4) is 0 Å². The lowest BCUT2D eigenvalue weighted by Crippen LogP contribution is -2.47. The van der Waals surface area contributed by atoms with Gasteiger partial charge in [-0.25, -0.2) is 0 Å². The molecule has 0 spiro atoms. The fourth-order valence-corrected chi connectivity index (χ4v) is 5.42. The van der Waals surface area contributed by atoms with Gasteiger partial charge in [0.2, 0.25) is 11.8 Å². The van der Waals surface area contributed by atoms with Gasteiger partial charge in [0.15, 0.2) is 0 Å². The molecule has 2 amide bonds. The summed E-state index contributed by atoms with van der Waals surface area (Å²) in [4.78, 5) is 30.3. The SMILES string of the molecule is O=C(CCN(C(=O)COCc1ccccc1)C1CCCCC1)NC1CCN(Cc2ccccc2)CC1. The Labute approximate surface area is 216 Å². The largest absolute Gasteiger partial charge is 0.367 e. The molecule has 0 aromatic heterocycles. The minimum absolute atomic E-state index is 0.000138. The number of carbonyl (C=O) groups excluding carboxylic acids is 2. The van der Waals surface area contributed by atoms with Gasteiger partial charge in [-0.05, 0) is 36.8 Å². The van der Waals surface area contributed by atoms with Gasteiger partial charge in [-0.2, -0.15) is 0 Å². The van der Waals surface area contributed by atoms with Gasteiger partial charge >= 0.3 is 0 Å². The summed E-state index contributed by atoms with van der Waals surface area (Å²) in [6.45, 7) is 3.90. The molecule has 4 rings (SSSR count). The van der Waals surface area contributed by atoms with Crippen molar-refractivity contribution in [1.82, 2.24) is 15.1 Å². The van der Waals surface area contributed by atoms with Crippen molar-refractivity contribution in [1.29, 1.82) is 0 Å². The predicted molar refractivity (Wildman–Crippen MR) is 142 cm³/mol. The van der Waals surface area contributed by atoms with Gasteiger partial charge in [-0.15, -0.1) is 0 Å². The smallest absolute Gasteiger partial charge is 0.248 e. The number of hydrogen-bond acceptors (Lipinski definition) is 4. The van der Waals surface area contributed by atoms with Crippen LogP contribution < -0.4 is 5.32 Å². The lowest BCUT2D eigenvalue weighted by Gasteiger charge is -2.35. The number of carbonyl (C=O) groups is 2. The lowest BCUT2D eigenvalue weighted by atomic mass is 9.94. The van der Waals surface area contributed by atoms with Gasteiger partial charge in [-0.1, -0.05) is 79.9 Å². The molecule has 2 aromatic carbocycles. The number of ether oxygens (including phenoxy) is 1. The van der Waals surface area contributed by atoms with Crippen molar-refractivity contribution in [3.63, 3.8) is 0 Å². The van der Waals surface area contributed by atoms with Crippen LogP contribution in [0.4, 0.5) is 0 Å². The van der Waals surface area contributed by atoms with E-state index < -0.39 is 0 Å². The molecule has 0 radical (unpaired) electrons. The minimum Gasteiger partial charge on any atom is -0.367 e. The molecule has 1 saturated heterocycles. The third-order valence-electron chi connectivity index (χ3n) is 7.45. The maximum atomic E-state index is 13.1. The first-order valence-corrected chi connectivity index (χ1v) is 13.6. The molecule has 2 aromatic rings. The summed E-state index contributed by atoms with van der Waals surface area (Å²) in [6, 6.07) is 20.9. The van der Waals surface area contributed by atoms with Gasteiger partial charge in [-0.3, -0.25) is 14.5 Å². The molecule has 2 fully saturated rings. The zero-order valence-electron chi connectivity index (χ0n) is 21.4. The fourth-order valence-electron chi connectivity index (χ4n) is 5.42. The monoisotopic (exact) mass is 491 g/mol. The van der Waals surface area contributed by atoms with Gasteiger partial charge in [0.25, 0.3) is 0 Å². The summed E-state index contributed by atoms with van der Waals surface area (Å²) in [5.74, 6) is 0.0511. The molecule has 0 bridgehead atoms. The first-order valence-electron chi connectivity index (χ1n) is 13.6. The Morgan fingerprint density at radius 3 is 2.17 bits per heavy atom. The van der Waals surface area contributed by atoms with E-state index in [1.54, 1.807) is 0 Å². The molecule has 194 valence electrons. The predicted octanol–water partition coefficient (Wildman–Crippen LogP) is 4.54. The maximum Gasteiger partial charge on any atom is 0.248 e. The normalized spacial score (nSPS) is 17.6. The van der Waals surface area contributed by atoms with Crippen molar-refractivity contribution in [2.45, 2.75) is 76.6 Å². The number of nitrogens with one attached hydrogen (secondary N) is 1. The van der Waals surface area contributed by atoms with E-state index in [-0.39, 0.29) is 30.5 Å². The first kappa shape index (κ1) is 26.4. The zero-order chi connectivity index (χ0) is 25.0. The molecular formula is C30H41N3O3. The second-order valence-electron chi connectivity index (χ2n) is 10.2. The Morgan fingerprint density at radius 1 is 0.861 bits per heavy atom. The van der Waals surface area contributed by atoms with Crippen molar-refractivity contribution in [2.75, 3.05) is 26.2 Å². The highest BCUT2D eigenvalue weighted by atomic mass is 16.5. The van der Waals surface area contributed by atoms with E-state index in [1.807, 2.05) is 41.3 Å². The molecule has 1 heterocycles. The fraction of sp³-hybridized carbons (Fsp3) is 0.533. The third-order valence-corrected chi connectivity index (χ3v) is 7.45. The van der Waals surface area contributed by atoms with Crippen molar-refractivity contribution >= 4 is 11.8 Å². The third kappa shape index (κ3) is 8.45. The van der Waals surface area contributed by atoms with E-state index in [4.69, 9.17) is 4.74 Å². The van der Waals surface area contributed by atoms with E-state index in [1.165, 1.54) is 12.0 Å². The quantitative estimate of drug-likeness (QED) is 0.502. The van der Waals surface area contributed by atoms with Crippen LogP contribution in [-0.2, 0) is 27.5 Å². The van der Waals surface area contributed by atoms with E-state index >= 15 is 0 Å². The Kier molecular flexibility index (Phi) is 10.4.